The van der Waals surface area contributed by atoms with E-state index >= 15 is 0 Å². The van der Waals surface area contributed by atoms with Crippen LogP contribution in [0.2, 0.25) is 0 Å². The first-order valence-corrected chi connectivity index (χ1v) is 9.89. The van der Waals surface area contributed by atoms with Gasteiger partial charge in [0.1, 0.15) is 0 Å². The summed E-state index contributed by atoms with van der Waals surface area (Å²) in [6.07, 6.45) is 1.25. The third-order valence-corrected chi connectivity index (χ3v) is 3.54. The molecule has 0 aliphatic rings. The monoisotopic (exact) mass is 356 g/mol. The van der Waals surface area contributed by atoms with Crippen molar-refractivity contribution in [1.29, 1.82) is 0 Å². The van der Waals surface area contributed by atoms with E-state index in [1.807, 2.05) is 26.0 Å². The molecule has 0 atom stereocenters. The quantitative estimate of drug-likeness (QED) is 0.320. The Morgan fingerprint density at radius 2 is 0.630 bits per heavy atom. The Morgan fingerprint density at radius 1 is 0.407 bits per heavy atom. The predicted molar refractivity (Wildman–Crippen MR) is 123 cm³/mol. The molecule has 0 spiro atoms. The normalized spacial score (nSPS) is 8.89. The van der Waals surface area contributed by atoms with E-state index < -0.39 is 0 Å². The molecule has 4 rings (SSSR count). The van der Waals surface area contributed by atoms with E-state index in [0.29, 0.717) is 0 Å². The maximum atomic E-state index is 2.12. The lowest BCUT2D eigenvalue weighted by molar-refractivity contribution is 1.09. The summed E-state index contributed by atoms with van der Waals surface area (Å²) in [5.41, 5.74) is 2.55. The van der Waals surface area contributed by atoms with Crippen LogP contribution in [-0.4, -0.2) is 0 Å². The fourth-order valence-corrected chi connectivity index (χ4v) is 2.39. The molecule has 0 unspecified atom stereocenters. The van der Waals surface area contributed by atoms with E-state index in [4.69, 9.17) is 0 Å². The summed E-state index contributed by atoms with van der Waals surface area (Å²) in [6, 6.07) is 37.5. The van der Waals surface area contributed by atoms with Crippen LogP contribution in [0.15, 0.2) is 109 Å². The van der Waals surface area contributed by atoms with Crippen LogP contribution in [0.5, 0.6) is 0 Å². The number of rotatable bonds is 1. The first-order valence-electron chi connectivity index (χ1n) is 9.89. The molecule has 0 fully saturated rings. The molecule has 0 bridgehead atoms. The third-order valence-electron chi connectivity index (χ3n) is 3.54. The van der Waals surface area contributed by atoms with Crippen molar-refractivity contribution in [3.8, 4) is 11.1 Å². The molecule has 0 radical (unpaired) electrons. The molecular formula is C27H32. The van der Waals surface area contributed by atoms with Crippen molar-refractivity contribution >= 4 is 10.8 Å². The minimum Gasteiger partial charge on any atom is -0.0683 e. The van der Waals surface area contributed by atoms with Gasteiger partial charge in [-0.1, -0.05) is 143 Å². The number of fused-ring (bicyclic) bond motifs is 1. The van der Waals surface area contributed by atoms with Crippen molar-refractivity contribution in [3.05, 3.63) is 109 Å². The van der Waals surface area contributed by atoms with E-state index in [-0.39, 0.29) is 0 Å². The van der Waals surface area contributed by atoms with Gasteiger partial charge in [-0.15, -0.1) is 0 Å². The van der Waals surface area contributed by atoms with E-state index in [1.54, 1.807) is 0 Å². The molecule has 0 aromatic heterocycles. The molecule has 0 amide bonds. The van der Waals surface area contributed by atoms with Gasteiger partial charge in [0.05, 0.1) is 0 Å². The summed E-state index contributed by atoms with van der Waals surface area (Å²) in [4.78, 5) is 0. The number of hydrogen-bond donors (Lipinski definition) is 0. The topological polar surface area (TPSA) is 0 Å². The maximum absolute atomic E-state index is 2.12. The zero-order valence-corrected chi connectivity index (χ0v) is 17.1. The molecule has 0 aliphatic heterocycles. The highest BCUT2D eigenvalue weighted by Crippen LogP contribution is 2.17. The molecule has 140 valence electrons. The van der Waals surface area contributed by atoms with Crippen LogP contribution in [-0.2, 0) is 0 Å². The average molecular weight is 357 g/mol. The van der Waals surface area contributed by atoms with Gasteiger partial charge in [0.15, 0.2) is 0 Å². The van der Waals surface area contributed by atoms with Gasteiger partial charge in [-0.25, -0.2) is 0 Å². The van der Waals surface area contributed by atoms with E-state index in [0.717, 1.165) is 0 Å². The van der Waals surface area contributed by atoms with E-state index in [1.165, 1.54) is 28.3 Å². The summed E-state index contributed by atoms with van der Waals surface area (Å²) in [5.74, 6) is 0. The predicted octanol–water partition coefficient (Wildman–Crippen LogP) is 8.64. The van der Waals surface area contributed by atoms with Crippen molar-refractivity contribution in [2.75, 3.05) is 0 Å². The molecule has 0 saturated carbocycles. The van der Waals surface area contributed by atoms with Crippen molar-refractivity contribution in [2.24, 2.45) is 0 Å². The Bertz CT molecular complexity index is 730. The second-order valence-electron chi connectivity index (χ2n) is 5.79. The summed E-state index contributed by atoms with van der Waals surface area (Å²) >= 11 is 0. The van der Waals surface area contributed by atoms with Crippen LogP contribution in [0.1, 0.15) is 34.1 Å². The Balaban J connectivity index is 0.000000221. The van der Waals surface area contributed by atoms with E-state index in [9.17, 15) is 0 Å². The highest BCUT2D eigenvalue weighted by molar-refractivity contribution is 5.82. The van der Waals surface area contributed by atoms with Crippen molar-refractivity contribution < 1.29 is 0 Å². The summed E-state index contributed by atoms with van der Waals surface area (Å²) in [6.45, 7) is 8.25. The summed E-state index contributed by atoms with van der Waals surface area (Å²) < 4.78 is 0. The fraction of sp³-hybridized carbons (Fsp3) is 0.185. The Labute approximate surface area is 165 Å². The minimum absolute atomic E-state index is 1.25. The van der Waals surface area contributed by atoms with Gasteiger partial charge in [0.2, 0.25) is 0 Å². The zero-order chi connectivity index (χ0) is 19.7. The lowest BCUT2D eigenvalue weighted by Crippen LogP contribution is -1.73. The van der Waals surface area contributed by atoms with Crippen LogP contribution in [0, 0.1) is 0 Å². The summed E-state index contributed by atoms with van der Waals surface area (Å²) in [7, 11) is 0. The lowest BCUT2D eigenvalue weighted by Gasteiger charge is -1.98. The molecule has 0 heterocycles. The molecule has 0 heteroatoms. The highest BCUT2D eigenvalue weighted by Gasteiger charge is 1.91. The largest absolute Gasteiger partial charge is 0.0683 e. The molecule has 4 aromatic carbocycles. The lowest BCUT2D eigenvalue weighted by atomic mass is 10.1. The van der Waals surface area contributed by atoms with Gasteiger partial charge in [-0.3, -0.25) is 0 Å². The van der Waals surface area contributed by atoms with Gasteiger partial charge < -0.3 is 0 Å². The number of benzene rings is 4. The molecule has 4 aromatic rings. The van der Waals surface area contributed by atoms with Crippen molar-refractivity contribution in [3.63, 3.8) is 0 Å². The smallest absolute Gasteiger partial charge is 0.0184 e. The van der Waals surface area contributed by atoms with Crippen molar-refractivity contribution in [2.45, 2.75) is 34.1 Å². The number of hydrogen-bond acceptors (Lipinski definition) is 0. The average Bonchev–Trinajstić information content (AvgIpc) is 2.77. The second kappa shape index (κ2) is 14.3. The van der Waals surface area contributed by atoms with Crippen LogP contribution in [0.25, 0.3) is 21.9 Å². The third kappa shape index (κ3) is 8.37. The first-order chi connectivity index (χ1) is 13.3. The van der Waals surface area contributed by atoms with Gasteiger partial charge in [0, 0.05) is 0 Å². The van der Waals surface area contributed by atoms with Gasteiger partial charge in [-0.2, -0.15) is 0 Å². The maximum Gasteiger partial charge on any atom is -0.0184 e. The molecular weight excluding hydrogens is 324 g/mol. The minimum atomic E-state index is 1.25. The standard InChI is InChI=1S/C12H10.C10H8.C3H8.C2H6/c1-3-7-11(8-4-1)12-9-5-2-6-10-12;1-2-6-10-8-4-3-7-9(10)5-1;1-3-2;1-2/h1-10H;1-8H;3H2,1-2H3;1-2H3. The fourth-order valence-electron chi connectivity index (χ4n) is 2.39. The Morgan fingerprint density at radius 3 is 0.889 bits per heavy atom. The Hall–Kier alpha value is -2.86. The van der Waals surface area contributed by atoms with Crippen LogP contribution < -0.4 is 0 Å². The van der Waals surface area contributed by atoms with Crippen LogP contribution >= 0.6 is 0 Å². The van der Waals surface area contributed by atoms with Crippen LogP contribution in [0.4, 0.5) is 0 Å². The zero-order valence-electron chi connectivity index (χ0n) is 17.1. The summed E-state index contributed by atoms with van der Waals surface area (Å²) in [5, 5.41) is 2.62. The first kappa shape index (κ1) is 22.2. The van der Waals surface area contributed by atoms with Gasteiger partial charge >= 0.3 is 0 Å². The SMILES string of the molecule is CC.CCC.c1ccc(-c2ccccc2)cc1.c1ccc2ccccc2c1. The molecule has 0 saturated heterocycles. The Kier molecular flexibility index (Phi) is 11.8. The van der Waals surface area contributed by atoms with E-state index in [2.05, 4.69) is 111 Å². The van der Waals surface area contributed by atoms with Gasteiger partial charge in [0.25, 0.3) is 0 Å². The highest BCUT2D eigenvalue weighted by atomic mass is 14.0. The molecule has 0 N–H and O–H groups in total. The van der Waals surface area contributed by atoms with Crippen molar-refractivity contribution in [1.82, 2.24) is 0 Å². The molecule has 0 nitrogen and oxygen atoms in total. The van der Waals surface area contributed by atoms with Crippen LogP contribution in [0.3, 0.4) is 0 Å². The van der Waals surface area contributed by atoms with Gasteiger partial charge in [-0.05, 0) is 21.9 Å². The molecule has 27 heavy (non-hydrogen) atoms. The second-order valence-corrected chi connectivity index (χ2v) is 5.79. The molecule has 0 aliphatic carbocycles.